The summed E-state index contributed by atoms with van der Waals surface area (Å²) in [5, 5.41) is 22.2. The number of aryl methyl sites for hydroxylation is 1. The molecule has 4 unspecified atom stereocenters. The molecule has 2 heterocycles. The number of nitrogens with zero attached hydrogens (tertiary/aromatic N) is 3. The number of hydrazine groups is 1. The highest BCUT2D eigenvalue weighted by molar-refractivity contribution is 6.24. The maximum Gasteiger partial charge on any atom is 0.254 e. The van der Waals surface area contributed by atoms with Crippen LogP contribution in [0.2, 0.25) is 0 Å². The molecule has 0 spiro atoms. The smallest absolute Gasteiger partial charge is 0.254 e. The Morgan fingerprint density at radius 1 is 0.914 bits per heavy atom. The quantitative estimate of drug-likeness (QED) is 0.441. The fraction of sp³-hybridized carbons (Fsp3) is 0.179. The summed E-state index contributed by atoms with van der Waals surface area (Å²) in [5.74, 6) is -1.37. The lowest BCUT2D eigenvalue weighted by atomic mass is 9.89. The van der Waals surface area contributed by atoms with Gasteiger partial charge >= 0.3 is 0 Å². The Morgan fingerprint density at radius 3 is 2.29 bits per heavy atom. The summed E-state index contributed by atoms with van der Waals surface area (Å²) in [6, 6.07) is 23.8. The molecule has 174 valence electrons. The van der Waals surface area contributed by atoms with Crippen molar-refractivity contribution in [3.05, 3.63) is 108 Å². The van der Waals surface area contributed by atoms with E-state index in [1.807, 2.05) is 37.3 Å². The van der Waals surface area contributed by atoms with Gasteiger partial charge in [0.15, 0.2) is 0 Å². The van der Waals surface area contributed by atoms with E-state index in [1.165, 1.54) is 4.90 Å². The molecule has 4 atom stereocenters. The number of aliphatic hydroxyl groups is 1. The van der Waals surface area contributed by atoms with E-state index in [9.17, 15) is 14.7 Å². The van der Waals surface area contributed by atoms with Crippen LogP contribution in [-0.4, -0.2) is 34.0 Å². The van der Waals surface area contributed by atoms with Crippen molar-refractivity contribution < 1.29 is 14.7 Å². The Morgan fingerprint density at radius 2 is 1.60 bits per heavy atom. The zero-order valence-electron chi connectivity index (χ0n) is 19.1. The van der Waals surface area contributed by atoms with E-state index in [0.717, 1.165) is 11.1 Å². The van der Waals surface area contributed by atoms with Gasteiger partial charge in [0.25, 0.3) is 5.91 Å². The monoisotopic (exact) mass is 464 g/mol. The molecule has 0 bridgehead atoms. The molecular formula is C28H24N4O3. The summed E-state index contributed by atoms with van der Waals surface area (Å²) in [7, 11) is 0. The van der Waals surface area contributed by atoms with Crippen LogP contribution in [0.5, 0.6) is 0 Å². The van der Waals surface area contributed by atoms with E-state index >= 15 is 0 Å². The highest BCUT2D eigenvalue weighted by Crippen LogP contribution is 2.38. The van der Waals surface area contributed by atoms with Crippen LogP contribution in [0.3, 0.4) is 0 Å². The third-order valence-electron chi connectivity index (χ3n) is 6.57. The number of benzene rings is 3. The molecule has 7 heteroatoms. The number of rotatable bonds is 5. The zero-order chi connectivity index (χ0) is 24.5. The van der Waals surface area contributed by atoms with E-state index in [2.05, 4.69) is 11.5 Å². The number of hydrogen-bond acceptors (Lipinski definition) is 6. The first-order valence-electron chi connectivity index (χ1n) is 11.4. The first kappa shape index (κ1) is 22.5. The molecule has 2 aliphatic heterocycles. The van der Waals surface area contributed by atoms with Crippen molar-refractivity contribution in [1.29, 1.82) is 5.26 Å². The molecule has 0 aromatic heterocycles. The van der Waals surface area contributed by atoms with Crippen LogP contribution in [-0.2, 0) is 9.59 Å². The van der Waals surface area contributed by atoms with Gasteiger partial charge in [0.05, 0.1) is 29.3 Å². The van der Waals surface area contributed by atoms with Crippen LogP contribution < -0.4 is 10.3 Å². The topological polar surface area (TPSA) is 96.7 Å². The van der Waals surface area contributed by atoms with E-state index in [1.54, 1.807) is 65.7 Å². The first-order chi connectivity index (χ1) is 17.0. The molecule has 3 aromatic rings. The first-order valence-corrected chi connectivity index (χ1v) is 11.4. The minimum atomic E-state index is -0.951. The van der Waals surface area contributed by atoms with Gasteiger partial charge in [-0.25, -0.2) is 9.91 Å². The van der Waals surface area contributed by atoms with E-state index < -0.39 is 24.1 Å². The Kier molecular flexibility index (Phi) is 5.91. The number of amides is 2. The van der Waals surface area contributed by atoms with Crippen molar-refractivity contribution in [2.24, 2.45) is 5.92 Å². The summed E-state index contributed by atoms with van der Waals surface area (Å²) in [6.07, 6.45) is 2.57. The van der Waals surface area contributed by atoms with Gasteiger partial charge < -0.3 is 10.5 Å². The van der Waals surface area contributed by atoms with E-state index in [-0.39, 0.29) is 11.8 Å². The second kappa shape index (κ2) is 9.18. The summed E-state index contributed by atoms with van der Waals surface area (Å²) in [5.41, 5.74) is 6.58. The second-order valence-electron chi connectivity index (χ2n) is 8.70. The van der Waals surface area contributed by atoms with Crippen molar-refractivity contribution in [3.63, 3.8) is 0 Å². The van der Waals surface area contributed by atoms with Crippen LogP contribution in [0.15, 0.2) is 91.0 Å². The predicted octanol–water partition coefficient (Wildman–Crippen LogP) is 3.73. The molecule has 2 amide bonds. The number of hydrogen-bond donors (Lipinski definition) is 2. The summed E-state index contributed by atoms with van der Waals surface area (Å²) in [4.78, 5) is 28.2. The molecular weight excluding hydrogens is 440 g/mol. The Bertz CT molecular complexity index is 1330. The summed E-state index contributed by atoms with van der Waals surface area (Å²) in [6.45, 7) is 1.92. The molecule has 1 saturated heterocycles. The Labute approximate surface area is 203 Å². The number of para-hydroxylation sites is 1. The summed E-state index contributed by atoms with van der Waals surface area (Å²) >= 11 is 0. The highest BCUT2D eigenvalue weighted by Gasteiger charge is 2.54. The molecule has 1 fully saturated rings. The number of nitrogens with one attached hydrogen (secondary N) is 1. The zero-order valence-corrected chi connectivity index (χ0v) is 19.1. The second-order valence-corrected chi connectivity index (χ2v) is 8.70. The summed E-state index contributed by atoms with van der Waals surface area (Å²) < 4.78 is 0. The fourth-order valence-electron chi connectivity index (χ4n) is 4.77. The molecule has 5 rings (SSSR count). The highest BCUT2D eigenvalue weighted by atomic mass is 16.3. The van der Waals surface area contributed by atoms with Crippen LogP contribution >= 0.6 is 0 Å². The minimum absolute atomic E-state index is 0.307. The van der Waals surface area contributed by atoms with Gasteiger partial charge in [-0.1, -0.05) is 54.6 Å². The van der Waals surface area contributed by atoms with Crippen LogP contribution in [0.25, 0.3) is 0 Å². The Hall–Kier alpha value is -4.25. The molecule has 2 N–H and O–H groups in total. The SMILES string of the molecule is Cc1ccccc1C(O)C1C=CC2C(=O)N(c3ccccc3)C(=O)C2N1Nc1ccc(C#N)cc1. The molecule has 2 aliphatic rings. The molecule has 0 aliphatic carbocycles. The van der Waals surface area contributed by atoms with Gasteiger partial charge in [-0.2, -0.15) is 5.26 Å². The lowest BCUT2D eigenvalue weighted by Crippen LogP contribution is -2.55. The number of anilines is 2. The van der Waals surface area contributed by atoms with Gasteiger partial charge in [0.2, 0.25) is 5.91 Å². The van der Waals surface area contributed by atoms with Gasteiger partial charge in [0, 0.05) is 5.69 Å². The number of carbonyl (C=O) groups excluding carboxylic acids is 2. The lowest BCUT2D eigenvalue weighted by Gasteiger charge is -2.41. The van der Waals surface area contributed by atoms with Crippen molar-refractivity contribution in [2.45, 2.75) is 25.1 Å². The number of fused-ring (bicyclic) bond motifs is 1. The fourth-order valence-corrected chi connectivity index (χ4v) is 4.77. The predicted molar refractivity (Wildman–Crippen MR) is 132 cm³/mol. The van der Waals surface area contributed by atoms with Gasteiger partial charge in [0.1, 0.15) is 12.1 Å². The third-order valence-corrected chi connectivity index (χ3v) is 6.57. The maximum absolute atomic E-state index is 13.7. The number of carbonyl (C=O) groups is 2. The lowest BCUT2D eigenvalue weighted by molar-refractivity contribution is -0.123. The van der Waals surface area contributed by atoms with Crippen molar-refractivity contribution in [3.8, 4) is 6.07 Å². The van der Waals surface area contributed by atoms with Crippen molar-refractivity contribution >= 4 is 23.2 Å². The third kappa shape index (κ3) is 3.99. The van der Waals surface area contributed by atoms with Gasteiger partial charge in [-0.3, -0.25) is 9.59 Å². The van der Waals surface area contributed by atoms with Gasteiger partial charge in [-0.15, -0.1) is 0 Å². The van der Waals surface area contributed by atoms with Crippen LogP contribution in [0.4, 0.5) is 11.4 Å². The van der Waals surface area contributed by atoms with Crippen LogP contribution in [0.1, 0.15) is 22.8 Å². The number of aliphatic hydroxyl groups excluding tert-OH is 1. The van der Waals surface area contributed by atoms with E-state index in [0.29, 0.717) is 16.9 Å². The van der Waals surface area contributed by atoms with Gasteiger partial charge in [-0.05, 0) is 54.4 Å². The number of imide groups is 1. The largest absolute Gasteiger partial charge is 0.386 e. The Balaban J connectivity index is 1.55. The maximum atomic E-state index is 13.7. The standard InChI is InChI=1S/C28H24N4O3/c1-18-7-5-6-10-22(18)26(33)24-16-15-23-25(32(24)30-20-13-11-19(17-29)12-14-20)28(35)31(27(23)34)21-8-3-2-4-9-21/h2-16,23-26,30,33H,1H3. The van der Waals surface area contributed by atoms with Crippen molar-refractivity contribution in [1.82, 2.24) is 5.01 Å². The molecule has 3 aromatic carbocycles. The average molecular weight is 465 g/mol. The molecule has 35 heavy (non-hydrogen) atoms. The minimum Gasteiger partial charge on any atom is -0.386 e. The van der Waals surface area contributed by atoms with Crippen molar-refractivity contribution in [2.75, 3.05) is 10.3 Å². The number of nitriles is 1. The average Bonchev–Trinajstić information content (AvgIpc) is 3.15. The van der Waals surface area contributed by atoms with Crippen LogP contribution in [0, 0.1) is 24.2 Å². The molecule has 0 saturated carbocycles. The normalized spacial score (nSPS) is 22.5. The molecule has 7 nitrogen and oxygen atoms in total. The van der Waals surface area contributed by atoms with E-state index in [4.69, 9.17) is 5.26 Å². The molecule has 0 radical (unpaired) electrons.